The molecule has 0 saturated carbocycles. The molecule has 1 fully saturated rings. The number of benzene rings is 2. The molecular formula is C24H30N4O2. The smallest absolute Gasteiger partial charge is 0.119 e. The molecule has 1 aromatic heterocycles. The number of para-hydroxylation sites is 1. The fourth-order valence-corrected chi connectivity index (χ4v) is 3.76. The molecule has 1 saturated heterocycles. The van der Waals surface area contributed by atoms with E-state index in [0.717, 1.165) is 68.6 Å². The van der Waals surface area contributed by atoms with E-state index < -0.39 is 0 Å². The van der Waals surface area contributed by atoms with Crippen molar-refractivity contribution in [3.8, 4) is 22.7 Å². The molecule has 1 aliphatic rings. The second-order valence-electron chi connectivity index (χ2n) is 7.71. The maximum Gasteiger partial charge on any atom is 0.119 e. The van der Waals surface area contributed by atoms with Crippen molar-refractivity contribution in [3.63, 3.8) is 0 Å². The lowest BCUT2D eigenvalue weighted by Crippen LogP contribution is -2.40. The Morgan fingerprint density at radius 2 is 1.87 bits per heavy atom. The van der Waals surface area contributed by atoms with Crippen LogP contribution in [0.2, 0.25) is 0 Å². The highest BCUT2D eigenvalue weighted by molar-refractivity contribution is 5.65. The van der Waals surface area contributed by atoms with Crippen molar-refractivity contribution in [2.45, 2.75) is 6.54 Å². The first kappa shape index (κ1) is 20.6. The van der Waals surface area contributed by atoms with Crippen LogP contribution in [-0.2, 0) is 11.3 Å². The van der Waals surface area contributed by atoms with Crippen molar-refractivity contribution >= 4 is 0 Å². The highest BCUT2D eigenvalue weighted by Gasteiger charge is 2.16. The molecule has 4 rings (SSSR count). The third-order valence-electron chi connectivity index (χ3n) is 5.50. The van der Waals surface area contributed by atoms with Crippen LogP contribution in [0.4, 0.5) is 0 Å². The maximum absolute atomic E-state index is 5.45. The van der Waals surface area contributed by atoms with Crippen molar-refractivity contribution in [2.24, 2.45) is 0 Å². The zero-order valence-corrected chi connectivity index (χ0v) is 17.8. The predicted molar refractivity (Wildman–Crippen MR) is 119 cm³/mol. The van der Waals surface area contributed by atoms with Gasteiger partial charge in [0.15, 0.2) is 0 Å². The number of aromatic nitrogens is 2. The zero-order valence-electron chi connectivity index (χ0n) is 17.8. The Labute approximate surface area is 178 Å². The molecule has 0 N–H and O–H groups in total. The van der Waals surface area contributed by atoms with Gasteiger partial charge in [-0.3, -0.25) is 4.90 Å². The van der Waals surface area contributed by atoms with Crippen LogP contribution >= 0.6 is 0 Å². The third-order valence-corrected chi connectivity index (χ3v) is 5.50. The molecule has 6 nitrogen and oxygen atoms in total. The van der Waals surface area contributed by atoms with Gasteiger partial charge < -0.3 is 14.4 Å². The molecule has 0 amide bonds. The summed E-state index contributed by atoms with van der Waals surface area (Å²) >= 11 is 0. The second-order valence-corrected chi connectivity index (χ2v) is 7.71. The Balaban J connectivity index is 1.56. The van der Waals surface area contributed by atoms with Crippen LogP contribution in [0.25, 0.3) is 16.9 Å². The van der Waals surface area contributed by atoms with Crippen molar-refractivity contribution < 1.29 is 9.47 Å². The number of methoxy groups -OCH3 is 1. The van der Waals surface area contributed by atoms with E-state index in [1.165, 1.54) is 5.56 Å². The van der Waals surface area contributed by atoms with Gasteiger partial charge in [-0.1, -0.05) is 30.3 Å². The number of likely N-dealkylation sites (N-methyl/N-ethyl adjacent to an activating group) is 1. The monoisotopic (exact) mass is 406 g/mol. The molecule has 0 unspecified atom stereocenters. The number of morpholine rings is 1. The molecule has 2 heterocycles. The van der Waals surface area contributed by atoms with Gasteiger partial charge in [0, 0.05) is 50.0 Å². The summed E-state index contributed by atoms with van der Waals surface area (Å²) in [5, 5.41) is 4.94. The summed E-state index contributed by atoms with van der Waals surface area (Å²) in [5.41, 5.74) is 4.33. The lowest BCUT2D eigenvalue weighted by molar-refractivity contribution is 0.0342. The van der Waals surface area contributed by atoms with E-state index >= 15 is 0 Å². The largest absolute Gasteiger partial charge is 0.497 e. The summed E-state index contributed by atoms with van der Waals surface area (Å²) in [6, 6.07) is 18.4. The molecule has 6 heteroatoms. The van der Waals surface area contributed by atoms with Gasteiger partial charge in [0.1, 0.15) is 5.75 Å². The maximum atomic E-state index is 5.45. The van der Waals surface area contributed by atoms with E-state index in [2.05, 4.69) is 47.3 Å². The van der Waals surface area contributed by atoms with Crippen LogP contribution in [0.3, 0.4) is 0 Å². The zero-order chi connectivity index (χ0) is 20.8. The van der Waals surface area contributed by atoms with E-state index in [1.807, 2.05) is 35.0 Å². The van der Waals surface area contributed by atoms with Gasteiger partial charge in [0.05, 0.1) is 31.7 Å². The first-order valence-electron chi connectivity index (χ1n) is 10.5. The standard InChI is InChI=1S/C24H30N4O2/c1-26(11-12-27-13-15-30-16-14-27)18-21-19-28(22-8-4-3-5-9-22)25-24(21)20-7-6-10-23(17-20)29-2/h3-10,17,19H,11-16,18H2,1-2H3. The summed E-state index contributed by atoms with van der Waals surface area (Å²) in [6.07, 6.45) is 2.15. The molecule has 3 aromatic rings. The van der Waals surface area contributed by atoms with Crippen LogP contribution in [0.1, 0.15) is 5.56 Å². The number of hydrogen-bond acceptors (Lipinski definition) is 5. The van der Waals surface area contributed by atoms with Gasteiger partial charge in [0.25, 0.3) is 0 Å². The highest BCUT2D eigenvalue weighted by Crippen LogP contribution is 2.27. The van der Waals surface area contributed by atoms with Crippen LogP contribution in [0, 0.1) is 0 Å². The Bertz CT molecular complexity index is 935. The van der Waals surface area contributed by atoms with E-state index in [-0.39, 0.29) is 0 Å². The average molecular weight is 407 g/mol. The summed E-state index contributed by atoms with van der Waals surface area (Å²) in [5.74, 6) is 0.841. The molecule has 1 aliphatic heterocycles. The topological polar surface area (TPSA) is 42.8 Å². The quantitative estimate of drug-likeness (QED) is 0.574. The molecule has 2 aromatic carbocycles. The molecule has 158 valence electrons. The SMILES string of the molecule is COc1cccc(-c2nn(-c3ccccc3)cc2CN(C)CCN2CCOCC2)c1. The van der Waals surface area contributed by atoms with Crippen LogP contribution < -0.4 is 4.74 Å². The molecule has 0 atom stereocenters. The molecular weight excluding hydrogens is 376 g/mol. The minimum atomic E-state index is 0.837. The molecule has 0 aliphatic carbocycles. The van der Waals surface area contributed by atoms with E-state index in [1.54, 1.807) is 7.11 Å². The summed E-state index contributed by atoms with van der Waals surface area (Å²) in [4.78, 5) is 4.84. The Morgan fingerprint density at radius 3 is 2.63 bits per heavy atom. The Hall–Kier alpha value is -2.67. The lowest BCUT2D eigenvalue weighted by atomic mass is 10.1. The van der Waals surface area contributed by atoms with Crippen molar-refractivity contribution in [1.82, 2.24) is 19.6 Å². The van der Waals surface area contributed by atoms with Gasteiger partial charge in [-0.2, -0.15) is 5.10 Å². The van der Waals surface area contributed by atoms with Crippen molar-refractivity contribution in [3.05, 3.63) is 66.4 Å². The number of ether oxygens (including phenoxy) is 2. The molecule has 0 bridgehead atoms. The Kier molecular flexibility index (Phi) is 6.79. The summed E-state index contributed by atoms with van der Waals surface area (Å²) in [7, 11) is 3.87. The third kappa shape index (κ3) is 5.08. The highest BCUT2D eigenvalue weighted by atomic mass is 16.5. The minimum absolute atomic E-state index is 0.837. The van der Waals surface area contributed by atoms with Crippen LogP contribution in [0.5, 0.6) is 5.75 Å². The van der Waals surface area contributed by atoms with E-state index in [9.17, 15) is 0 Å². The van der Waals surface area contributed by atoms with Gasteiger partial charge in [-0.15, -0.1) is 0 Å². The van der Waals surface area contributed by atoms with Gasteiger partial charge >= 0.3 is 0 Å². The molecule has 0 radical (unpaired) electrons. The van der Waals surface area contributed by atoms with E-state index in [0.29, 0.717) is 0 Å². The van der Waals surface area contributed by atoms with E-state index in [4.69, 9.17) is 14.6 Å². The first-order valence-corrected chi connectivity index (χ1v) is 10.5. The van der Waals surface area contributed by atoms with Gasteiger partial charge in [-0.25, -0.2) is 4.68 Å². The number of hydrogen-bond donors (Lipinski definition) is 0. The fraction of sp³-hybridized carbons (Fsp3) is 0.375. The van der Waals surface area contributed by atoms with Crippen molar-refractivity contribution in [1.29, 1.82) is 0 Å². The minimum Gasteiger partial charge on any atom is -0.497 e. The fourth-order valence-electron chi connectivity index (χ4n) is 3.76. The summed E-state index contributed by atoms with van der Waals surface area (Å²) < 4.78 is 12.9. The average Bonchev–Trinajstić information content (AvgIpc) is 3.23. The van der Waals surface area contributed by atoms with Crippen LogP contribution in [0.15, 0.2) is 60.8 Å². The molecule has 30 heavy (non-hydrogen) atoms. The van der Waals surface area contributed by atoms with Crippen LogP contribution in [-0.4, -0.2) is 73.1 Å². The second kappa shape index (κ2) is 9.89. The van der Waals surface area contributed by atoms with Crippen molar-refractivity contribution in [2.75, 3.05) is 53.6 Å². The Morgan fingerprint density at radius 1 is 1.07 bits per heavy atom. The van der Waals surface area contributed by atoms with Gasteiger partial charge in [-0.05, 0) is 31.3 Å². The summed E-state index contributed by atoms with van der Waals surface area (Å²) in [6.45, 7) is 6.63. The molecule has 0 spiro atoms. The first-order chi connectivity index (χ1) is 14.7. The van der Waals surface area contributed by atoms with Gasteiger partial charge in [0.2, 0.25) is 0 Å². The number of rotatable bonds is 8. The lowest BCUT2D eigenvalue weighted by Gasteiger charge is -2.28. The normalized spacial score (nSPS) is 14.9. The predicted octanol–water partition coefficient (Wildman–Crippen LogP) is 3.31. The number of nitrogens with zero attached hydrogens (tertiary/aromatic N) is 4.